The molecule has 0 saturated carbocycles. The van der Waals surface area contributed by atoms with Crippen LogP contribution >= 0.6 is 15.9 Å². The van der Waals surface area contributed by atoms with Crippen LogP contribution in [-0.2, 0) is 15.0 Å². The maximum atomic E-state index is 12.9. The van der Waals surface area contributed by atoms with E-state index in [9.17, 15) is 17.1 Å². The van der Waals surface area contributed by atoms with Gasteiger partial charge in [0.1, 0.15) is 5.25 Å². The Bertz CT molecular complexity index is 582. The van der Waals surface area contributed by atoms with Crippen molar-refractivity contribution in [3.8, 4) is 0 Å². The van der Waals surface area contributed by atoms with Gasteiger partial charge in [-0.1, -0.05) is 12.1 Å². The second kappa shape index (κ2) is 4.62. The molecule has 0 N–H and O–H groups in total. The van der Waals surface area contributed by atoms with Gasteiger partial charge in [0, 0.05) is 17.4 Å². The van der Waals surface area contributed by atoms with Gasteiger partial charge in [-0.2, -0.15) is 8.42 Å². The number of amides is 1. The van der Waals surface area contributed by atoms with Crippen LogP contribution in [0.1, 0.15) is 12.0 Å². The van der Waals surface area contributed by atoms with Gasteiger partial charge in [0.15, 0.2) is 0 Å². The summed E-state index contributed by atoms with van der Waals surface area (Å²) in [7, 11) is -4.68. The number of rotatable bonds is 2. The van der Waals surface area contributed by atoms with E-state index >= 15 is 0 Å². The molecule has 1 fully saturated rings. The van der Waals surface area contributed by atoms with Gasteiger partial charge < -0.3 is 4.90 Å². The SMILES string of the molecule is Cc1cccc(Br)c1N1CC(S(=O)(=O)F)CC1=O. The quantitative estimate of drug-likeness (QED) is 0.778. The molecule has 2 rings (SSSR count). The van der Waals surface area contributed by atoms with Crippen LogP contribution in [0.3, 0.4) is 0 Å². The lowest BCUT2D eigenvalue weighted by molar-refractivity contribution is -0.117. The fourth-order valence-electron chi connectivity index (χ4n) is 2.04. The number of nitrogens with zero attached hydrogens (tertiary/aromatic N) is 1. The number of halogens is 2. The maximum Gasteiger partial charge on any atom is 0.307 e. The van der Waals surface area contributed by atoms with Crippen molar-refractivity contribution < 1.29 is 17.1 Å². The van der Waals surface area contributed by atoms with Crippen LogP contribution in [0, 0.1) is 6.92 Å². The third-order valence-corrected chi connectivity index (χ3v) is 4.70. The average molecular weight is 336 g/mol. The molecule has 0 aromatic heterocycles. The fraction of sp³-hybridized carbons (Fsp3) is 0.364. The third-order valence-electron chi connectivity index (χ3n) is 2.95. The number of anilines is 1. The summed E-state index contributed by atoms with van der Waals surface area (Å²) in [5, 5.41) is -1.27. The van der Waals surface area contributed by atoms with Gasteiger partial charge in [-0.3, -0.25) is 4.79 Å². The van der Waals surface area contributed by atoms with E-state index in [1.54, 1.807) is 6.07 Å². The lowest BCUT2D eigenvalue weighted by atomic mass is 10.2. The highest BCUT2D eigenvalue weighted by molar-refractivity contribution is 9.10. The number of hydrogen-bond donors (Lipinski definition) is 0. The minimum Gasteiger partial charge on any atom is -0.310 e. The van der Waals surface area contributed by atoms with Crippen molar-refractivity contribution in [2.45, 2.75) is 18.6 Å². The lowest BCUT2D eigenvalue weighted by Crippen LogP contribution is -2.27. The Hall–Kier alpha value is -0.950. The summed E-state index contributed by atoms with van der Waals surface area (Å²) in [5.74, 6) is -0.378. The molecule has 1 atom stereocenters. The second-order valence-corrected chi connectivity index (χ2v) is 6.68. The molecule has 1 aliphatic rings. The molecule has 4 nitrogen and oxygen atoms in total. The standard InChI is InChI=1S/C11H11BrFNO3S/c1-7-3-2-4-9(12)11(7)14-6-8(5-10(14)15)18(13,16)17/h2-4,8H,5-6H2,1H3. The summed E-state index contributed by atoms with van der Waals surface area (Å²) in [6.45, 7) is 1.67. The first-order valence-electron chi connectivity index (χ1n) is 5.29. The number of carbonyl (C=O) groups is 1. The number of benzene rings is 1. The predicted octanol–water partition coefficient (Wildman–Crippen LogP) is 2.16. The predicted molar refractivity (Wildman–Crippen MR) is 69.7 cm³/mol. The van der Waals surface area contributed by atoms with Gasteiger partial charge in [0.05, 0.1) is 5.69 Å². The lowest BCUT2D eigenvalue weighted by Gasteiger charge is -2.20. The summed E-state index contributed by atoms with van der Waals surface area (Å²) in [4.78, 5) is 13.1. The molecule has 0 aliphatic carbocycles. The molecule has 1 saturated heterocycles. The highest BCUT2D eigenvalue weighted by Crippen LogP contribution is 2.34. The van der Waals surface area contributed by atoms with Crippen LogP contribution in [0.4, 0.5) is 9.57 Å². The largest absolute Gasteiger partial charge is 0.310 e. The van der Waals surface area contributed by atoms with E-state index in [0.29, 0.717) is 10.2 Å². The molecule has 1 aromatic carbocycles. The minimum atomic E-state index is -4.68. The Labute approximate surface area is 113 Å². The minimum absolute atomic E-state index is 0.138. The van der Waals surface area contributed by atoms with E-state index in [0.717, 1.165) is 5.56 Å². The Morgan fingerprint density at radius 3 is 2.61 bits per heavy atom. The van der Waals surface area contributed by atoms with Gasteiger partial charge in [0.25, 0.3) is 0 Å². The van der Waals surface area contributed by atoms with Crippen LogP contribution in [0.5, 0.6) is 0 Å². The first-order chi connectivity index (χ1) is 8.30. The number of hydrogen-bond acceptors (Lipinski definition) is 3. The van der Waals surface area contributed by atoms with Crippen molar-refractivity contribution in [1.82, 2.24) is 0 Å². The highest BCUT2D eigenvalue weighted by Gasteiger charge is 2.39. The van der Waals surface area contributed by atoms with Crippen molar-refractivity contribution in [3.63, 3.8) is 0 Å². The van der Waals surface area contributed by atoms with Crippen molar-refractivity contribution in [1.29, 1.82) is 0 Å². The molecular weight excluding hydrogens is 325 g/mol. The summed E-state index contributed by atoms with van der Waals surface area (Å²) in [6, 6.07) is 5.38. The normalized spacial score (nSPS) is 20.5. The first-order valence-corrected chi connectivity index (χ1v) is 7.53. The molecule has 1 unspecified atom stereocenters. The van der Waals surface area contributed by atoms with Gasteiger partial charge in [-0.25, -0.2) is 0 Å². The molecule has 1 heterocycles. The van der Waals surface area contributed by atoms with Gasteiger partial charge in [-0.15, -0.1) is 3.89 Å². The monoisotopic (exact) mass is 335 g/mol. The van der Waals surface area contributed by atoms with E-state index < -0.39 is 15.5 Å². The molecule has 0 bridgehead atoms. The van der Waals surface area contributed by atoms with Gasteiger partial charge in [0.2, 0.25) is 5.91 Å². The van der Waals surface area contributed by atoms with Crippen LogP contribution in [-0.4, -0.2) is 26.1 Å². The Kier molecular flexibility index (Phi) is 3.46. The van der Waals surface area contributed by atoms with Crippen molar-refractivity contribution in [2.75, 3.05) is 11.4 Å². The molecule has 18 heavy (non-hydrogen) atoms. The van der Waals surface area contributed by atoms with Crippen molar-refractivity contribution in [2.24, 2.45) is 0 Å². The number of aryl methyl sites for hydroxylation is 1. The van der Waals surface area contributed by atoms with E-state index in [4.69, 9.17) is 0 Å². The maximum absolute atomic E-state index is 12.9. The Morgan fingerprint density at radius 2 is 2.11 bits per heavy atom. The molecule has 0 spiro atoms. The van der Waals surface area contributed by atoms with E-state index in [2.05, 4.69) is 15.9 Å². The smallest absolute Gasteiger partial charge is 0.307 e. The van der Waals surface area contributed by atoms with Crippen LogP contribution < -0.4 is 4.90 Å². The zero-order valence-corrected chi connectivity index (χ0v) is 12.0. The molecule has 1 aromatic rings. The fourth-order valence-corrected chi connectivity index (χ4v) is 3.39. The molecule has 0 radical (unpaired) electrons. The molecule has 98 valence electrons. The zero-order valence-electron chi connectivity index (χ0n) is 9.56. The van der Waals surface area contributed by atoms with Crippen LogP contribution in [0.2, 0.25) is 0 Å². The van der Waals surface area contributed by atoms with Gasteiger partial charge >= 0.3 is 10.2 Å². The average Bonchev–Trinajstić information content (AvgIpc) is 2.60. The topological polar surface area (TPSA) is 54.5 Å². The third kappa shape index (κ3) is 2.42. The number of carbonyl (C=O) groups excluding carboxylic acids is 1. The van der Waals surface area contributed by atoms with Crippen molar-refractivity contribution >= 4 is 37.7 Å². The summed E-state index contributed by atoms with van der Waals surface area (Å²) < 4.78 is 35.4. The zero-order chi connectivity index (χ0) is 13.5. The second-order valence-electron chi connectivity index (χ2n) is 4.21. The van der Waals surface area contributed by atoms with E-state index in [1.165, 1.54) is 4.90 Å². The van der Waals surface area contributed by atoms with Crippen LogP contribution in [0.15, 0.2) is 22.7 Å². The Morgan fingerprint density at radius 1 is 1.44 bits per heavy atom. The summed E-state index contributed by atoms with van der Waals surface area (Å²) in [6.07, 6.45) is -0.306. The molecular formula is C11H11BrFNO3S. The number of para-hydroxylation sites is 1. The highest BCUT2D eigenvalue weighted by atomic mass is 79.9. The molecule has 1 aliphatic heterocycles. The molecule has 7 heteroatoms. The van der Waals surface area contributed by atoms with E-state index in [1.807, 2.05) is 19.1 Å². The van der Waals surface area contributed by atoms with E-state index in [-0.39, 0.29) is 18.9 Å². The summed E-state index contributed by atoms with van der Waals surface area (Å²) >= 11 is 3.32. The van der Waals surface area contributed by atoms with Crippen molar-refractivity contribution in [3.05, 3.63) is 28.2 Å². The first kappa shape index (κ1) is 13.5. The summed E-state index contributed by atoms with van der Waals surface area (Å²) in [5.41, 5.74) is 1.43. The van der Waals surface area contributed by atoms with Crippen LogP contribution in [0.25, 0.3) is 0 Å². The van der Waals surface area contributed by atoms with Gasteiger partial charge in [-0.05, 0) is 34.5 Å². The Balaban J connectivity index is 2.39. The molecule has 1 amide bonds.